The summed E-state index contributed by atoms with van der Waals surface area (Å²) in [7, 11) is 3.29. The lowest BCUT2D eigenvalue weighted by Gasteiger charge is -2.35. The lowest BCUT2D eigenvalue weighted by atomic mass is 10.1. The second-order valence-corrected chi connectivity index (χ2v) is 6.66. The highest BCUT2D eigenvalue weighted by molar-refractivity contribution is 5.89. The van der Waals surface area contributed by atoms with Crippen molar-refractivity contribution < 1.29 is 9.53 Å². The predicted octanol–water partition coefficient (Wildman–Crippen LogP) is 1.47. The summed E-state index contributed by atoms with van der Waals surface area (Å²) in [5, 5.41) is 5.28. The van der Waals surface area contributed by atoms with Gasteiger partial charge in [0.15, 0.2) is 5.65 Å². The van der Waals surface area contributed by atoms with E-state index >= 15 is 0 Å². The summed E-state index contributed by atoms with van der Waals surface area (Å²) in [5.74, 6) is 0.645. The number of piperazine rings is 1. The molecular weight excluding hydrogens is 344 g/mol. The maximum Gasteiger partial charge on any atom is 0.337 e. The number of anilines is 1. The first kappa shape index (κ1) is 17.4. The molecule has 8 nitrogen and oxygen atoms in total. The van der Waals surface area contributed by atoms with E-state index < -0.39 is 0 Å². The molecule has 27 heavy (non-hydrogen) atoms. The van der Waals surface area contributed by atoms with Crippen molar-refractivity contribution >= 4 is 22.8 Å². The van der Waals surface area contributed by atoms with Crippen LogP contribution < -0.4 is 4.90 Å². The van der Waals surface area contributed by atoms with Crippen molar-refractivity contribution in [2.24, 2.45) is 7.05 Å². The zero-order valence-corrected chi connectivity index (χ0v) is 15.5. The van der Waals surface area contributed by atoms with Crippen LogP contribution in [0.3, 0.4) is 0 Å². The van der Waals surface area contributed by atoms with Gasteiger partial charge in [-0.15, -0.1) is 0 Å². The Morgan fingerprint density at radius 1 is 1.19 bits per heavy atom. The predicted molar refractivity (Wildman–Crippen MR) is 102 cm³/mol. The van der Waals surface area contributed by atoms with Crippen molar-refractivity contribution in [1.29, 1.82) is 0 Å². The maximum absolute atomic E-state index is 11.7. The number of aryl methyl sites for hydroxylation is 1. The quantitative estimate of drug-likeness (QED) is 0.647. The Kier molecular flexibility index (Phi) is 4.72. The minimum absolute atomic E-state index is 0.300. The molecule has 0 aliphatic carbocycles. The average Bonchev–Trinajstić information content (AvgIpc) is 3.09. The highest BCUT2D eigenvalue weighted by Gasteiger charge is 2.21. The van der Waals surface area contributed by atoms with Crippen LogP contribution in [0.15, 0.2) is 36.8 Å². The first-order valence-electron chi connectivity index (χ1n) is 8.93. The van der Waals surface area contributed by atoms with Gasteiger partial charge in [0.25, 0.3) is 0 Å². The fraction of sp³-hybridized carbons (Fsp3) is 0.368. The molecule has 0 N–H and O–H groups in total. The van der Waals surface area contributed by atoms with E-state index in [1.54, 1.807) is 17.1 Å². The first-order chi connectivity index (χ1) is 13.2. The van der Waals surface area contributed by atoms with E-state index in [9.17, 15) is 4.79 Å². The van der Waals surface area contributed by atoms with Crippen LogP contribution >= 0.6 is 0 Å². The van der Waals surface area contributed by atoms with Crippen molar-refractivity contribution in [3.05, 3.63) is 47.9 Å². The molecule has 0 unspecified atom stereocenters. The van der Waals surface area contributed by atoms with Gasteiger partial charge in [0.2, 0.25) is 0 Å². The minimum atomic E-state index is -0.300. The molecule has 1 aliphatic rings. The molecule has 0 bridgehead atoms. The van der Waals surface area contributed by atoms with E-state index in [4.69, 9.17) is 4.74 Å². The summed E-state index contributed by atoms with van der Waals surface area (Å²) in [6.45, 7) is 4.43. The molecule has 0 spiro atoms. The fourth-order valence-corrected chi connectivity index (χ4v) is 3.49. The number of hydrogen-bond donors (Lipinski definition) is 0. The molecule has 0 radical (unpaired) electrons. The molecule has 3 aromatic rings. The monoisotopic (exact) mass is 366 g/mol. The molecule has 140 valence electrons. The van der Waals surface area contributed by atoms with Crippen LogP contribution in [0.4, 0.5) is 5.82 Å². The van der Waals surface area contributed by atoms with Gasteiger partial charge in [-0.05, 0) is 17.7 Å². The van der Waals surface area contributed by atoms with Crippen molar-refractivity contribution in [1.82, 2.24) is 24.6 Å². The van der Waals surface area contributed by atoms with Gasteiger partial charge in [0.05, 0.1) is 24.3 Å². The van der Waals surface area contributed by atoms with Crippen LogP contribution in [-0.2, 0) is 18.3 Å². The Labute approximate surface area is 157 Å². The Morgan fingerprint density at radius 3 is 2.78 bits per heavy atom. The Bertz CT molecular complexity index is 962. The van der Waals surface area contributed by atoms with Gasteiger partial charge in [-0.1, -0.05) is 12.1 Å². The van der Waals surface area contributed by atoms with E-state index in [1.165, 1.54) is 7.11 Å². The Hall–Kier alpha value is -3.00. The molecule has 1 saturated heterocycles. The van der Waals surface area contributed by atoms with Crippen LogP contribution in [0.25, 0.3) is 11.0 Å². The van der Waals surface area contributed by atoms with Crippen molar-refractivity contribution in [2.45, 2.75) is 6.54 Å². The highest BCUT2D eigenvalue weighted by atomic mass is 16.5. The van der Waals surface area contributed by atoms with Gasteiger partial charge in [-0.3, -0.25) is 9.58 Å². The number of carbonyl (C=O) groups is 1. The van der Waals surface area contributed by atoms with E-state index in [2.05, 4.69) is 24.9 Å². The standard InChI is InChI=1S/C19H22N6O2/c1-23-17-16(11-22-23)18(21-13-20-17)25-8-6-24(7-9-25)12-14-4-3-5-15(10-14)19(26)27-2/h3-5,10-11,13H,6-9,12H2,1-2H3. The first-order valence-corrected chi connectivity index (χ1v) is 8.93. The molecule has 0 atom stereocenters. The zero-order chi connectivity index (χ0) is 18.8. The summed E-state index contributed by atoms with van der Waals surface area (Å²) in [5.41, 5.74) is 2.55. The van der Waals surface area contributed by atoms with Crippen molar-refractivity contribution in [3.63, 3.8) is 0 Å². The van der Waals surface area contributed by atoms with E-state index in [0.717, 1.165) is 55.1 Å². The number of hydrogen-bond acceptors (Lipinski definition) is 7. The van der Waals surface area contributed by atoms with E-state index in [1.807, 2.05) is 31.4 Å². The molecule has 8 heteroatoms. The van der Waals surface area contributed by atoms with E-state index in [-0.39, 0.29) is 5.97 Å². The number of methoxy groups -OCH3 is 1. The molecule has 0 saturated carbocycles. The SMILES string of the molecule is COC(=O)c1cccc(CN2CCN(c3ncnc4c3cnn4C)CC2)c1. The molecule has 1 fully saturated rings. The molecule has 3 heterocycles. The summed E-state index contributed by atoms with van der Waals surface area (Å²) >= 11 is 0. The molecule has 0 amide bonds. The normalized spacial score (nSPS) is 15.3. The van der Waals surface area contributed by atoms with Crippen LogP contribution in [0.1, 0.15) is 15.9 Å². The number of nitrogens with zero attached hydrogens (tertiary/aromatic N) is 6. The van der Waals surface area contributed by atoms with Gasteiger partial charge in [-0.25, -0.2) is 14.8 Å². The number of benzene rings is 1. The van der Waals surface area contributed by atoms with Crippen molar-refractivity contribution in [2.75, 3.05) is 38.2 Å². The van der Waals surface area contributed by atoms with Crippen LogP contribution in [0.5, 0.6) is 0 Å². The minimum Gasteiger partial charge on any atom is -0.465 e. The third kappa shape index (κ3) is 3.48. The van der Waals surface area contributed by atoms with Gasteiger partial charge >= 0.3 is 5.97 Å². The number of ether oxygens (including phenoxy) is 1. The Balaban J connectivity index is 1.43. The number of carbonyl (C=O) groups excluding carboxylic acids is 1. The van der Waals surface area contributed by atoms with Crippen LogP contribution in [0.2, 0.25) is 0 Å². The van der Waals surface area contributed by atoms with E-state index in [0.29, 0.717) is 5.56 Å². The van der Waals surface area contributed by atoms with Crippen molar-refractivity contribution in [3.8, 4) is 0 Å². The number of rotatable bonds is 4. The van der Waals surface area contributed by atoms with Crippen LogP contribution in [-0.4, -0.2) is 63.9 Å². The van der Waals surface area contributed by atoms with Gasteiger partial charge in [-0.2, -0.15) is 5.10 Å². The lowest BCUT2D eigenvalue weighted by Crippen LogP contribution is -2.46. The second kappa shape index (κ2) is 7.32. The summed E-state index contributed by atoms with van der Waals surface area (Å²) in [4.78, 5) is 25.2. The third-order valence-electron chi connectivity index (χ3n) is 4.93. The zero-order valence-electron chi connectivity index (χ0n) is 15.5. The average molecular weight is 366 g/mol. The topological polar surface area (TPSA) is 76.4 Å². The summed E-state index contributed by atoms with van der Waals surface area (Å²) in [6.07, 6.45) is 3.43. The largest absolute Gasteiger partial charge is 0.465 e. The molecule has 1 aromatic carbocycles. The molecule has 1 aliphatic heterocycles. The molecular formula is C19H22N6O2. The fourth-order valence-electron chi connectivity index (χ4n) is 3.49. The second-order valence-electron chi connectivity index (χ2n) is 6.66. The number of fused-ring (bicyclic) bond motifs is 1. The third-order valence-corrected chi connectivity index (χ3v) is 4.93. The number of esters is 1. The highest BCUT2D eigenvalue weighted by Crippen LogP contribution is 2.23. The smallest absolute Gasteiger partial charge is 0.337 e. The summed E-state index contributed by atoms with van der Waals surface area (Å²) < 4.78 is 6.57. The van der Waals surface area contributed by atoms with Crippen LogP contribution in [0, 0.1) is 0 Å². The number of aromatic nitrogens is 4. The molecule has 2 aromatic heterocycles. The van der Waals surface area contributed by atoms with Gasteiger partial charge < -0.3 is 9.64 Å². The maximum atomic E-state index is 11.7. The lowest BCUT2D eigenvalue weighted by molar-refractivity contribution is 0.0600. The van der Waals surface area contributed by atoms with Gasteiger partial charge in [0.1, 0.15) is 12.1 Å². The van der Waals surface area contributed by atoms with Gasteiger partial charge in [0, 0.05) is 39.8 Å². The summed E-state index contributed by atoms with van der Waals surface area (Å²) in [6, 6.07) is 7.63. The Morgan fingerprint density at radius 2 is 2.00 bits per heavy atom. The molecule has 4 rings (SSSR count).